The summed E-state index contributed by atoms with van der Waals surface area (Å²) in [6.45, 7) is 4.07. The van der Waals surface area contributed by atoms with Crippen LogP contribution in [0.25, 0.3) is 0 Å². The minimum absolute atomic E-state index is 0.136. The van der Waals surface area contributed by atoms with Gasteiger partial charge < -0.3 is 4.74 Å². The van der Waals surface area contributed by atoms with Gasteiger partial charge in [0.15, 0.2) is 5.78 Å². The van der Waals surface area contributed by atoms with Gasteiger partial charge in [-0.1, -0.05) is 55.5 Å². The van der Waals surface area contributed by atoms with Crippen molar-refractivity contribution in [1.82, 2.24) is 4.90 Å². The third kappa shape index (κ3) is 5.64. The number of allylic oxidation sites excluding steroid dienone is 3. The first kappa shape index (κ1) is 19.6. The molecular weight excluding hydrogens is 338 g/mol. The van der Waals surface area contributed by atoms with E-state index in [1.165, 1.54) is 0 Å². The molecule has 0 bridgehead atoms. The summed E-state index contributed by atoms with van der Waals surface area (Å²) in [5.74, 6) is 0.343. The van der Waals surface area contributed by atoms with E-state index in [9.17, 15) is 9.59 Å². The Morgan fingerprint density at radius 2 is 2.00 bits per heavy atom. The lowest BCUT2D eigenvalue weighted by Crippen LogP contribution is -2.47. The summed E-state index contributed by atoms with van der Waals surface area (Å²) in [5, 5.41) is 0. The standard InChI is InChI=1S/C23H29NO3/c1-2-19-13-14-24(16-21(25)20-11-7-4-8-12-20)17-22(19)27-23(26)15-18-9-5-3-6-10-18/h3,5-7,9-12,19,22H,2,4,8,13-17H2,1H3/t19?,22-/m0/s1. The predicted octanol–water partition coefficient (Wildman–Crippen LogP) is 3.72. The summed E-state index contributed by atoms with van der Waals surface area (Å²) < 4.78 is 5.84. The van der Waals surface area contributed by atoms with Crippen molar-refractivity contribution in [2.45, 2.75) is 45.1 Å². The molecular formula is C23H29NO3. The van der Waals surface area contributed by atoms with E-state index in [4.69, 9.17) is 4.74 Å². The maximum absolute atomic E-state index is 12.5. The van der Waals surface area contributed by atoms with E-state index in [0.29, 0.717) is 25.4 Å². The maximum atomic E-state index is 12.5. The fourth-order valence-corrected chi connectivity index (χ4v) is 3.86. The minimum Gasteiger partial charge on any atom is -0.460 e. The highest BCUT2D eigenvalue weighted by molar-refractivity contribution is 5.99. The van der Waals surface area contributed by atoms with Gasteiger partial charge in [-0.3, -0.25) is 14.5 Å². The van der Waals surface area contributed by atoms with Gasteiger partial charge in [0.05, 0.1) is 13.0 Å². The number of carbonyl (C=O) groups excluding carboxylic acids is 2. The molecule has 1 fully saturated rings. The Morgan fingerprint density at radius 1 is 1.19 bits per heavy atom. The van der Waals surface area contributed by atoms with Gasteiger partial charge in [-0.2, -0.15) is 0 Å². The van der Waals surface area contributed by atoms with Crippen molar-refractivity contribution in [2.24, 2.45) is 5.92 Å². The third-order valence-corrected chi connectivity index (χ3v) is 5.46. The van der Waals surface area contributed by atoms with Gasteiger partial charge in [-0.05, 0) is 43.7 Å². The fraction of sp³-hybridized carbons (Fsp3) is 0.478. The van der Waals surface area contributed by atoms with E-state index in [2.05, 4.69) is 17.9 Å². The average Bonchev–Trinajstić information content (AvgIpc) is 2.69. The number of piperidine rings is 1. The Hall–Kier alpha value is -2.20. The minimum atomic E-state index is -0.184. The highest BCUT2D eigenvalue weighted by Crippen LogP contribution is 2.24. The number of ketones is 1. The Kier molecular flexibility index (Phi) is 6.99. The summed E-state index contributed by atoms with van der Waals surface area (Å²) in [4.78, 5) is 27.0. The number of benzene rings is 1. The van der Waals surface area contributed by atoms with Crippen LogP contribution in [0.1, 0.15) is 38.2 Å². The van der Waals surface area contributed by atoms with Crippen LogP contribution in [-0.4, -0.2) is 42.4 Å². The van der Waals surface area contributed by atoms with Crippen LogP contribution in [0.4, 0.5) is 0 Å². The van der Waals surface area contributed by atoms with Crippen molar-refractivity contribution in [3.8, 4) is 0 Å². The number of ether oxygens (including phenoxy) is 1. The molecule has 27 heavy (non-hydrogen) atoms. The van der Waals surface area contributed by atoms with Crippen LogP contribution < -0.4 is 0 Å². The first-order valence-corrected chi connectivity index (χ1v) is 10.0. The molecule has 0 spiro atoms. The van der Waals surface area contributed by atoms with Gasteiger partial charge in [-0.25, -0.2) is 0 Å². The molecule has 3 rings (SSSR count). The van der Waals surface area contributed by atoms with E-state index in [0.717, 1.165) is 43.4 Å². The summed E-state index contributed by atoms with van der Waals surface area (Å²) in [5.41, 5.74) is 1.78. The Balaban J connectivity index is 1.56. The van der Waals surface area contributed by atoms with Crippen molar-refractivity contribution in [2.75, 3.05) is 19.6 Å². The monoisotopic (exact) mass is 367 g/mol. The molecule has 144 valence electrons. The van der Waals surface area contributed by atoms with Crippen LogP contribution in [0.15, 0.2) is 54.1 Å². The van der Waals surface area contributed by atoms with Gasteiger partial charge in [0.25, 0.3) is 0 Å². The van der Waals surface area contributed by atoms with Gasteiger partial charge >= 0.3 is 5.97 Å². The average molecular weight is 367 g/mol. The van der Waals surface area contributed by atoms with Crippen molar-refractivity contribution < 1.29 is 14.3 Å². The second-order valence-electron chi connectivity index (χ2n) is 7.45. The molecule has 1 unspecified atom stereocenters. The summed E-state index contributed by atoms with van der Waals surface area (Å²) >= 11 is 0. The zero-order valence-corrected chi connectivity index (χ0v) is 16.1. The van der Waals surface area contributed by atoms with Crippen LogP contribution in [0.5, 0.6) is 0 Å². The first-order valence-electron chi connectivity index (χ1n) is 10.0. The molecule has 2 aliphatic rings. The number of hydrogen-bond acceptors (Lipinski definition) is 4. The highest BCUT2D eigenvalue weighted by atomic mass is 16.5. The van der Waals surface area contributed by atoms with Crippen LogP contribution in [0.2, 0.25) is 0 Å². The Morgan fingerprint density at radius 3 is 2.70 bits per heavy atom. The van der Waals surface area contributed by atoms with Gasteiger partial charge in [0.1, 0.15) is 6.10 Å². The molecule has 1 aliphatic carbocycles. The molecule has 4 nitrogen and oxygen atoms in total. The topological polar surface area (TPSA) is 46.6 Å². The molecule has 0 saturated carbocycles. The van der Waals surface area contributed by atoms with Crippen molar-refractivity contribution >= 4 is 11.8 Å². The van der Waals surface area contributed by atoms with Crippen LogP contribution in [0, 0.1) is 5.92 Å². The Labute approximate surface area is 161 Å². The van der Waals surface area contributed by atoms with Gasteiger partial charge in [0.2, 0.25) is 0 Å². The molecule has 1 aliphatic heterocycles. The molecule has 1 saturated heterocycles. The molecule has 0 aromatic heterocycles. The maximum Gasteiger partial charge on any atom is 0.310 e. The molecule has 4 heteroatoms. The second kappa shape index (κ2) is 9.65. The lowest BCUT2D eigenvalue weighted by Gasteiger charge is -2.37. The second-order valence-corrected chi connectivity index (χ2v) is 7.45. The van der Waals surface area contributed by atoms with E-state index in [1.54, 1.807) is 0 Å². The normalized spacial score (nSPS) is 22.9. The first-order chi connectivity index (χ1) is 13.2. The van der Waals surface area contributed by atoms with E-state index >= 15 is 0 Å². The predicted molar refractivity (Wildman–Crippen MR) is 106 cm³/mol. The lowest BCUT2D eigenvalue weighted by molar-refractivity contribution is -0.154. The number of carbonyl (C=O) groups is 2. The molecule has 1 aromatic carbocycles. The summed E-state index contributed by atoms with van der Waals surface area (Å²) in [7, 11) is 0. The van der Waals surface area contributed by atoms with Gasteiger partial charge in [0, 0.05) is 12.1 Å². The molecule has 1 aromatic rings. The summed E-state index contributed by atoms with van der Waals surface area (Å²) in [6.07, 6.45) is 10.1. The van der Waals surface area contributed by atoms with E-state index in [1.807, 2.05) is 42.5 Å². The third-order valence-electron chi connectivity index (χ3n) is 5.46. The number of rotatable bonds is 7. The smallest absolute Gasteiger partial charge is 0.310 e. The van der Waals surface area contributed by atoms with Crippen molar-refractivity contribution in [1.29, 1.82) is 0 Å². The summed E-state index contributed by atoms with van der Waals surface area (Å²) in [6, 6.07) is 9.68. The van der Waals surface area contributed by atoms with Crippen LogP contribution in [0.3, 0.4) is 0 Å². The molecule has 2 atom stereocenters. The molecule has 1 heterocycles. The van der Waals surface area contributed by atoms with E-state index < -0.39 is 0 Å². The van der Waals surface area contributed by atoms with Crippen LogP contribution >= 0.6 is 0 Å². The molecule has 0 radical (unpaired) electrons. The number of nitrogens with zero attached hydrogens (tertiary/aromatic N) is 1. The highest BCUT2D eigenvalue weighted by Gasteiger charge is 2.32. The molecule has 0 amide bonds. The Bertz CT molecular complexity index is 708. The zero-order valence-electron chi connectivity index (χ0n) is 16.1. The van der Waals surface area contributed by atoms with Crippen molar-refractivity contribution in [3.63, 3.8) is 0 Å². The van der Waals surface area contributed by atoms with Crippen LogP contribution in [-0.2, 0) is 20.7 Å². The van der Waals surface area contributed by atoms with Crippen molar-refractivity contribution in [3.05, 3.63) is 59.7 Å². The SMILES string of the molecule is CCC1CCN(CC(=O)C2=CCCC=C2)C[C@@H]1OC(=O)Cc1ccccc1. The quantitative estimate of drug-likeness (QED) is 0.689. The number of esters is 1. The van der Waals surface area contributed by atoms with E-state index in [-0.39, 0.29) is 17.9 Å². The number of hydrogen-bond donors (Lipinski definition) is 0. The fourth-order valence-electron chi connectivity index (χ4n) is 3.86. The largest absolute Gasteiger partial charge is 0.460 e. The number of Topliss-reactive ketones (excluding diaryl/α,β-unsaturated/α-hetero) is 1. The lowest BCUT2D eigenvalue weighted by atomic mass is 9.91. The van der Waals surface area contributed by atoms with Gasteiger partial charge in [-0.15, -0.1) is 0 Å². The molecule has 0 N–H and O–H groups in total. The number of likely N-dealkylation sites (tertiary alicyclic amines) is 1. The zero-order chi connectivity index (χ0) is 19.1.